The molecule has 2 aliphatic rings. The standard InChI is InChI=1S/C25H26ClN5O5/c1-2-31-8-4-22(29-31)28-23(32)16-10-19(35-18-5-9-34-15-18)13-20(11-16)36-24-21(26)12-17(14-27-24)25(33)30-6-3-7-30/h4,8,10-14,18H,2-3,5-7,9,15H2,1H3,(H,28,29,32). The summed E-state index contributed by atoms with van der Waals surface area (Å²) in [7, 11) is 0. The topological polar surface area (TPSA) is 108 Å². The number of amides is 2. The summed E-state index contributed by atoms with van der Waals surface area (Å²) in [6, 6.07) is 8.14. The van der Waals surface area contributed by atoms with Gasteiger partial charge in [0.1, 0.15) is 22.6 Å². The lowest BCUT2D eigenvalue weighted by atomic mass is 10.1. The second kappa shape index (κ2) is 10.5. The van der Waals surface area contributed by atoms with Crippen molar-refractivity contribution in [2.45, 2.75) is 32.4 Å². The second-order valence-corrected chi connectivity index (χ2v) is 8.97. The molecule has 0 radical (unpaired) electrons. The van der Waals surface area contributed by atoms with Crippen LogP contribution in [0.25, 0.3) is 0 Å². The molecule has 1 unspecified atom stereocenters. The molecule has 1 N–H and O–H groups in total. The van der Waals surface area contributed by atoms with Crippen LogP contribution < -0.4 is 14.8 Å². The van der Waals surface area contributed by atoms with Gasteiger partial charge in [0.15, 0.2) is 5.82 Å². The molecule has 0 spiro atoms. The van der Waals surface area contributed by atoms with Crippen molar-refractivity contribution in [3.05, 3.63) is 58.9 Å². The average molecular weight is 512 g/mol. The van der Waals surface area contributed by atoms with E-state index in [1.807, 2.05) is 6.92 Å². The number of aromatic nitrogens is 3. The number of carbonyl (C=O) groups is 2. The lowest BCUT2D eigenvalue weighted by Crippen LogP contribution is -2.42. The van der Waals surface area contributed by atoms with E-state index >= 15 is 0 Å². The number of pyridine rings is 1. The van der Waals surface area contributed by atoms with E-state index in [9.17, 15) is 9.59 Å². The molecule has 2 aromatic heterocycles. The first-order valence-corrected chi connectivity index (χ1v) is 12.2. The molecule has 1 aromatic carbocycles. The molecular weight excluding hydrogens is 486 g/mol. The number of aryl methyl sites for hydroxylation is 1. The highest BCUT2D eigenvalue weighted by Gasteiger charge is 2.23. The Morgan fingerprint density at radius 3 is 2.69 bits per heavy atom. The summed E-state index contributed by atoms with van der Waals surface area (Å²) in [6.45, 7) is 5.21. The molecule has 4 heterocycles. The van der Waals surface area contributed by atoms with Gasteiger partial charge in [0.2, 0.25) is 5.88 Å². The number of nitrogens with one attached hydrogen (secondary N) is 1. The van der Waals surface area contributed by atoms with Crippen molar-refractivity contribution >= 4 is 29.2 Å². The SMILES string of the molecule is CCn1ccc(NC(=O)c2cc(Oc3ncc(C(=O)N4CCC4)cc3Cl)cc(OC3CCOC3)c2)n1. The first-order valence-electron chi connectivity index (χ1n) is 11.9. The van der Waals surface area contributed by atoms with Crippen LogP contribution in [0.1, 0.15) is 40.5 Å². The number of rotatable bonds is 8. The minimum Gasteiger partial charge on any atom is -0.488 e. The molecule has 2 saturated heterocycles. The minimum absolute atomic E-state index is 0.110. The predicted molar refractivity (Wildman–Crippen MR) is 132 cm³/mol. The van der Waals surface area contributed by atoms with Crippen LogP contribution in [0, 0.1) is 0 Å². The fourth-order valence-corrected chi connectivity index (χ4v) is 4.06. The minimum atomic E-state index is -0.371. The molecule has 0 aliphatic carbocycles. The number of ether oxygens (including phenoxy) is 3. The van der Waals surface area contributed by atoms with E-state index in [1.54, 1.807) is 46.1 Å². The van der Waals surface area contributed by atoms with Gasteiger partial charge in [-0.05, 0) is 31.5 Å². The molecule has 0 bridgehead atoms. The Kier molecular flexibility index (Phi) is 7.06. The zero-order valence-electron chi connectivity index (χ0n) is 19.8. The zero-order valence-corrected chi connectivity index (χ0v) is 20.5. The van der Waals surface area contributed by atoms with Gasteiger partial charge in [0.25, 0.3) is 11.8 Å². The maximum Gasteiger partial charge on any atom is 0.257 e. The highest BCUT2D eigenvalue weighted by Crippen LogP contribution is 2.32. The van der Waals surface area contributed by atoms with E-state index in [1.165, 1.54) is 6.20 Å². The van der Waals surface area contributed by atoms with Crippen molar-refractivity contribution in [3.63, 3.8) is 0 Å². The monoisotopic (exact) mass is 511 g/mol. The number of anilines is 1. The number of hydrogen-bond donors (Lipinski definition) is 1. The first-order chi connectivity index (χ1) is 17.5. The summed E-state index contributed by atoms with van der Waals surface area (Å²) in [5.41, 5.74) is 0.713. The van der Waals surface area contributed by atoms with Crippen LogP contribution in [0.15, 0.2) is 42.7 Å². The number of nitrogens with zero attached hydrogens (tertiary/aromatic N) is 4. The van der Waals surface area contributed by atoms with Crippen molar-refractivity contribution in [2.75, 3.05) is 31.6 Å². The molecule has 11 heteroatoms. The van der Waals surface area contributed by atoms with Crippen LogP contribution in [0.5, 0.6) is 17.4 Å². The molecule has 2 aliphatic heterocycles. The Bertz CT molecular complexity index is 1270. The third-order valence-corrected chi connectivity index (χ3v) is 6.22. The lowest BCUT2D eigenvalue weighted by Gasteiger charge is -2.30. The molecule has 0 saturated carbocycles. The third-order valence-electron chi connectivity index (χ3n) is 5.95. The fourth-order valence-electron chi connectivity index (χ4n) is 3.85. The molecule has 5 rings (SSSR count). The molecular formula is C25H26ClN5O5. The largest absolute Gasteiger partial charge is 0.488 e. The summed E-state index contributed by atoms with van der Waals surface area (Å²) in [4.78, 5) is 31.4. The van der Waals surface area contributed by atoms with Gasteiger partial charge in [-0.2, -0.15) is 5.10 Å². The number of carbonyl (C=O) groups excluding carboxylic acids is 2. The molecule has 2 fully saturated rings. The number of hydrogen-bond acceptors (Lipinski definition) is 7. The van der Waals surface area contributed by atoms with Gasteiger partial charge in [-0.1, -0.05) is 11.6 Å². The Morgan fingerprint density at radius 1 is 1.19 bits per heavy atom. The Balaban J connectivity index is 1.38. The van der Waals surface area contributed by atoms with Crippen LogP contribution in [-0.4, -0.2) is 63.9 Å². The van der Waals surface area contributed by atoms with E-state index < -0.39 is 0 Å². The summed E-state index contributed by atoms with van der Waals surface area (Å²) in [5, 5.41) is 7.27. The number of halogens is 1. The van der Waals surface area contributed by atoms with Gasteiger partial charge >= 0.3 is 0 Å². The molecule has 188 valence electrons. The third kappa shape index (κ3) is 5.44. The summed E-state index contributed by atoms with van der Waals surface area (Å²) in [5.74, 6) is 0.836. The van der Waals surface area contributed by atoms with Crippen LogP contribution in [0.4, 0.5) is 5.82 Å². The maximum atomic E-state index is 13.0. The number of likely N-dealkylation sites (tertiary alicyclic amines) is 1. The maximum absolute atomic E-state index is 13.0. The molecule has 1 atom stereocenters. The van der Waals surface area contributed by atoms with Gasteiger partial charge in [-0.3, -0.25) is 14.3 Å². The summed E-state index contributed by atoms with van der Waals surface area (Å²) >= 11 is 6.40. The Hall–Kier alpha value is -3.63. The van der Waals surface area contributed by atoms with Crippen LogP contribution in [-0.2, 0) is 11.3 Å². The smallest absolute Gasteiger partial charge is 0.257 e. The second-order valence-electron chi connectivity index (χ2n) is 8.57. The summed E-state index contributed by atoms with van der Waals surface area (Å²) in [6.07, 6.45) is 4.85. The van der Waals surface area contributed by atoms with Crippen LogP contribution in [0.3, 0.4) is 0 Å². The van der Waals surface area contributed by atoms with E-state index in [4.69, 9.17) is 25.8 Å². The van der Waals surface area contributed by atoms with E-state index in [2.05, 4.69) is 15.4 Å². The van der Waals surface area contributed by atoms with Gasteiger partial charge in [0, 0.05) is 56.1 Å². The van der Waals surface area contributed by atoms with Crippen molar-refractivity contribution in [3.8, 4) is 17.4 Å². The van der Waals surface area contributed by atoms with Crippen LogP contribution >= 0.6 is 11.6 Å². The molecule has 2 amide bonds. The van der Waals surface area contributed by atoms with Crippen molar-refractivity contribution in [1.29, 1.82) is 0 Å². The van der Waals surface area contributed by atoms with Gasteiger partial charge in [-0.15, -0.1) is 0 Å². The Labute approximate surface area is 213 Å². The lowest BCUT2D eigenvalue weighted by molar-refractivity contribution is 0.0651. The number of benzene rings is 1. The van der Waals surface area contributed by atoms with Gasteiger partial charge < -0.3 is 24.4 Å². The summed E-state index contributed by atoms with van der Waals surface area (Å²) < 4.78 is 19.1. The normalized spacial score (nSPS) is 16.9. The van der Waals surface area contributed by atoms with E-state index in [0.717, 1.165) is 25.9 Å². The first kappa shape index (κ1) is 24.1. The molecule has 10 nitrogen and oxygen atoms in total. The zero-order chi connectivity index (χ0) is 25.1. The van der Waals surface area contributed by atoms with Crippen molar-refractivity contribution in [1.82, 2.24) is 19.7 Å². The highest BCUT2D eigenvalue weighted by molar-refractivity contribution is 6.32. The Morgan fingerprint density at radius 2 is 2.03 bits per heavy atom. The fraction of sp³-hybridized carbons (Fsp3) is 0.360. The predicted octanol–water partition coefficient (Wildman–Crippen LogP) is 4.01. The van der Waals surface area contributed by atoms with Crippen molar-refractivity contribution in [2.24, 2.45) is 0 Å². The average Bonchev–Trinajstić information content (AvgIpc) is 3.51. The van der Waals surface area contributed by atoms with E-state index in [-0.39, 0.29) is 28.8 Å². The highest BCUT2D eigenvalue weighted by atomic mass is 35.5. The quantitative estimate of drug-likeness (QED) is 0.486. The molecule has 36 heavy (non-hydrogen) atoms. The van der Waals surface area contributed by atoms with Gasteiger partial charge in [-0.25, -0.2) is 4.98 Å². The molecule has 3 aromatic rings. The van der Waals surface area contributed by atoms with Crippen molar-refractivity contribution < 1.29 is 23.8 Å². The van der Waals surface area contributed by atoms with E-state index in [0.29, 0.717) is 48.2 Å². The van der Waals surface area contributed by atoms with Crippen LogP contribution in [0.2, 0.25) is 5.02 Å². The van der Waals surface area contributed by atoms with Gasteiger partial charge in [0.05, 0.1) is 18.8 Å².